The van der Waals surface area contributed by atoms with E-state index < -0.39 is 29.4 Å². The number of benzene rings is 2. The molecule has 7 heteroatoms. The van der Waals surface area contributed by atoms with Crippen LogP contribution in [0.4, 0.5) is 9.59 Å². The van der Waals surface area contributed by atoms with Crippen LogP contribution < -0.4 is 0 Å². The first kappa shape index (κ1) is 22.7. The Morgan fingerprint density at radius 1 is 1.00 bits per heavy atom. The summed E-state index contributed by atoms with van der Waals surface area (Å²) in [5.74, 6) is -0.0258. The van der Waals surface area contributed by atoms with Crippen LogP contribution >= 0.6 is 0 Å². The van der Waals surface area contributed by atoms with Crippen molar-refractivity contribution in [2.45, 2.75) is 56.7 Å². The molecule has 34 heavy (non-hydrogen) atoms. The van der Waals surface area contributed by atoms with Gasteiger partial charge in [-0.3, -0.25) is 4.90 Å². The molecule has 0 unspecified atom stereocenters. The zero-order valence-electron chi connectivity index (χ0n) is 20.0. The van der Waals surface area contributed by atoms with Crippen LogP contribution in [0.1, 0.15) is 50.7 Å². The number of aliphatic hydroxyl groups is 1. The third-order valence-corrected chi connectivity index (χ3v) is 7.01. The van der Waals surface area contributed by atoms with Gasteiger partial charge in [-0.2, -0.15) is 0 Å². The van der Waals surface area contributed by atoms with Crippen molar-refractivity contribution < 1.29 is 24.2 Å². The Morgan fingerprint density at radius 2 is 1.59 bits per heavy atom. The van der Waals surface area contributed by atoms with Gasteiger partial charge in [0.15, 0.2) is 0 Å². The van der Waals surface area contributed by atoms with Gasteiger partial charge in [0.2, 0.25) is 0 Å². The van der Waals surface area contributed by atoms with Crippen molar-refractivity contribution in [2.75, 3.05) is 26.3 Å². The molecule has 1 N–H and O–H groups in total. The van der Waals surface area contributed by atoms with Gasteiger partial charge in [0.1, 0.15) is 12.2 Å². The van der Waals surface area contributed by atoms with Crippen LogP contribution in [0.3, 0.4) is 0 Å². The molecule has 1 saturated carbocycles. The largest absolute Gasteiger partial charge is 0.448 e. The van der Waals surface area contributed by atoms with Gasteiger partial charge in [0.25, 0.3) is 0 Å². The lowest BCUT2D eigenvalue weighted by molar-refractivity contribution is -0.0313. The summed E-state index contributed by atoms with van der Waals surface area (Å²) in [7, 11) is 0. The summed E-state index contributed by atoms with van der Waals surface area (Å²) in [4.78, 5) is 29.4. The van der Waals surface area contributed by atoms with Gasteiger partial charge in [-0.05, 0) is 55.9 Å². The molecule has 2 aromatic carbocycles. The minimum absolute atomic E-state index is 0.0258. The van der Waals surface area contributed by atoms with Gasteiger partial charge in [-0.15, -0.1) is 0 Å². The van der Waals surface area contributed by atoms with Gasteiger partial charge >= 0.3 is 12.2 Å². The number of hydrogen-bond donors (Lipinski definition) is 1. The third kappa shape index (κ3) is 4.02. The second-order valence-corrected chi connectivity index (χ2v) is 10.6. The van der Waals surface area contributed by atoms with E-state index in [1.807, 2.05) is 45.0 Å². The first-order valence-corrected chi connectivity index (χ1v) is 12.0. The van der Waals surface area contributed by atoms with E-state index in [0.717, 1.165) is 24.0 Å². The summed E-state index contributed by atoms with van der Waals surface area (Å²) in [6.07, 6.45) is 0.701. The topological polar surface area (TPSA) is 79.3 Å². The highest BCUT2D eigenvalue weighted by atomic mass is 16.6. The molecule has 1 heterocycles. The molecule has 0 aromatic heterocycles. The van der Waals surface area contributed by atoms with Crippen molar-refractivity contribution in [3.05, 3.63) is 59.7 Å². The molecule has 1 atom stereocenters. The zero-order chi connectivity index (χ0) is 24.1. The molecule has 1 spiro atoms. The molecule has 7 nitrogen and oxygen atoms in total. The highest BCUT2D eigenvalue weighted by Crippen LogP contribution is 2.48. The van der Waals surface area contributed by atoms with Gasteiger partial charge < -0.3 is 19.5 Å². The maximum absolute atomic E-state index is 13.4. The van der Waals surface area contributed by atoms with Gasteiger partial charge in [-0.25, -0.2) is 9.59 Å². The number of piperazine rings is 1. The minimum atomic E-state index is -0.605. The summed E-state index contributed by atoms with van der Waals surface area (Å²) < 4.78 is 11.4. The highest BCUT2D eigenvalue weighted by molar-refractivity contribution is 5.79. The number of carbonyl (C=O) groups is 2. The Morgan fingerprint density at radius 3 is 2.12 bits per heavy atom. The van der Waals surface area contributed by atoms with E-state index in [0.29, 0.717) is 6.54 Å². The van der Waals surface area contributed by atoms with Gasteiger partial charge in [0, 0.05) is 19.0 Å². The van der Waals surface area contributed by atoms with Crippen LogP contribution in [-0.2, 0) is 9.47 Å². The molecule has 2 amide bonds. The second-order valence-electron chi connectivity index (χ2n) is 10.6. The van der Waals surface area contributed by atoms with E-state index in [1.54, 1.807) is 9.80 Å². The first-order valence-electron chi connectivity index (χ1n) is 12.0. The molecule has 1 aliphatic heterocycles. The van der Waals surface area contributed by atoms with Crippen molar-refractivity contribution in [3.63, 3.8) is 0 Å². The number of nitrogens with zero attached hydrogens (tertiary/aromatic N) is 2. The fraction of sp³-hybridized carbons (Fsp3) is 0.481. The molecule has 0 radical (unpaired) electrons. The van der Waals surface area contributed by atoms with Crippen LogP contribution in [0.15, 0.2) is 48.5 Å². The van der Waals surface area contributed by atoms with Crippen LogP contribution in [0.25, 0.3) is 11.1 Å². The van der Waals surface area contributed by atoms with E-state index in [9.17, 15) is 14.7 Å². The van der Waals surface area contributed by atoms with Crippen molar-refractivity contribution in [2.24, 2.45) is 0 Å². The minimum Gasteiger partial charge on any atom is -0.448 e. The Hall–Kier alpha value is -3.06. The Balaban J connectivity index is 1.31. The summed E-state index contributed by atoms with van der Waals surface area (Å²) in [5, 5.41) is 10.1. The monoisotopic (exact) mass is 464 g/mol. The maximum atomic E-state index is 13.4. The average molecular weight is 465 g/mol. The fourth-order valence-electron chi connectivity index (χ4n) is 5.37. The van der Waals surface area contributed by atoms with Crippen LogP contribution in [0, 0.1) is 0 Å². The average Bonchev–Trinajstić information content (AvgIpc) is 3.48. The third-order valence-electron chi connectivity index (χ3n) is 7.01. The fourth-order valence-corrected chi connectivity index (χ4v) is 5.37. The standard InChI is InChI=1S/C27H32N2O5/c1-26(2,3)34-24(31)28-14-18(15-30)29(27(17-28)12-13-27)25(32)33-16-23-21-10-6-4-8-19(21)20-9-5-7-11-22(20)23/h4-11,18,23,30H,12-17H2,1-3H3/t18-/m1/s1. The van der Waals surface area contributed by atoms with Crippen molar-refractivity contribution in [1.29, 1.82) is 0 Å². The Bertz CT molecular complexity index is 1060. The summed E-state index contributed by atoms with van der Waals surface area (Å²) >= 11 is 0. The molecule has 2 aromatic rings. The Labute approximate surface area is 200 Å². The van der Waals surface area contributed by atoms with Crippen molar-refractivity contribution in [3.8, 4) is 11.1 Å². The number of carbonyl (C=O) groups excluding carboxylic acids is 2. The van der Waals surface area contributed by atoms with E-state index >= 15 is 0 Å². The van der Waals surface area contributed by atoms with Crippen molar-refractivity contribution >= 4 is 12.2 Å². The predicted molar refractivity (Wildman–Crippen MR) is 128 cm³/mol. The first-order chi connectivity index (χ1) is 16.2. The summed E-state index contributed by atoms with van der Waals surface area (Å²) in [5.41, 5.74) is 3.57. The van der Waals surface area contributed by atoms with E-state index in [2.05, 4.69) is 24.3 Å². The smallest absolute Gasteiger partial charge is 0.410 e. The number of hydrogen-bond acceptors (Lipinski definition) is 5. The van der Waals surface area contributed by atoms with Gasteiger partial charge in [0.05, 0.1) is 18.2 Å². The van der Waals surface area contributed by atoms with E-state index in [4.69, 9.17) is 9.47 Å². The Kier molecular flexibility index (Phi) is 5.55. The number of aliphatic hydroxyl groups excluding tert-OH is 1. The molecular weight excluding hydrogens is 432 g/mol. The summed E-state index contributed by atoms with van der Waals surface area (Å²) in [6, 6.07) is 15.9. The van der Waals surface area contributed by atoms with E-state index in [-0.39, 0.29) is 25.7 Å². The lowest BCUT2D eigenvalue weighted by Gasteiger charge is -2.46. The van der Waals surface area contributed by atoms with Crippen LogP contribution in [-0.4, -0.2) is 70.6 Å². The highest BCUT2D eigenvalue weighted by Gasteiger charge is 2.58. The van der Waals surface area contributed by atoms with Gasteiger partial charge in [-0.1, -0.05) is 48.5 Å². The van der Waals surface area contributed by atoms with Crippen LogP contribution in [0.2, 0.25) is 0 Å². The second kappa shape index (κ2) is 8.31. The molecule has 0 bridgehead atoms. The lowest BCUT2D eigenvalue weighted by atomic mass is 9.98. The molecule has 180 valence electrons. The SMILES string of the molecule is CC(C)(C)OC(=O)N1C[C@H](CO)N(C(=O)OCC2c3ccccc3-c3ccccc32)C2(CC2)C1. The molecule has 5 rings (SSSR count). The normalized spacial score (nSPS) is 20.6. The molecule has 1 saturated heterocycles. The van der Waals surface area contributed by atoms with Crippen LogP contribution in [0.5, 0.6) is 0 Å². The number of fused-ring (bicyclic) bond motifs is 3. The number of rotatable bonds is 3. The lowest BCUT2D eigenvalue weighted by Crippen LogP contribution is -2.64. The zero-order valence-corrected chi connectivity index (χ0v) is 20.0. The number of ether oxygens (including phenoxy) is 2. The van der Waals surface area contributed by atoms with Crippen molar-refractivity contribution in [1.82, 2.24) is 9.80 Å². The molecular formula is C27H32N2O5. The predicted octanol–water partition coefficient (Wildman–Crippen LogP) is 4.38. The maximum Gasteiger partial charge on any atom is 0.410 e. The molecule has 2 aliphatic carbocycles. The molecule has 2 fully saturated rings. The number of amides is 2. The summed E-state index contributed by atoms with van der Waals surface area (Å²) in [6.45, 7) is 6.08. The quantitative estimate of drug-likeness (QED) is 0.729. The molecule has 3 aliphatic rings. The van der Waals surface area contributed by atoms with E-state index in [1.165, 1.54) is 11.1 Å².